The molecule has 5 heteroatoms. The lowest BCUT2D eigenvalue weighted by atomic mass is 10.0. The maximum Gasteiger partial charge on any atom is 0.189 e. The highest BCUT2D eigenvalue weighted by Gasteiger charge is 2.08. The fourth-order valence-corrected chi connectivity index (χ4v) is 3.92. The standard InChI is InChI=1S/C28H33N3O2/c1-18(2)24-8-6-7-9-26(24)30-17-22-16-27(33)20(4)28(31-22)19(3)10-15-25(29-5)21-11-13-23(32)14-12-21/h6-9,11-14,16,18,30-32H,4,10,15,17H2,1-3,5H3. The molecular formula is C28H33N3O2. The molecule has 1 heterocycles. The second-order valence-electron chi connectivity index (χ2n) is 8.61. The number of aliphatic imine (C=N–C) groups is 1. The second kappa shape index (κ2) is 10.8. The van der Waals surface area contributed by atoms with Crippen LogP contribution in [0.5, 0.6) is 5.75 Å². The Morgan fingerprint density at radius 1 is 1.12 bits per heavy atom. The quantitative estimate of drug-likeness (QED) is 0.455. The lowest BCUT2D eigenvalue weighted by molar-refractivity contribution is 0.475. The molecule has 0 fully saturated rings. The molecule has 172 valence electrons. The van der Waals surface area contributed by atoms with Crippen molar-refractivity contribution in [3.05, 3.63) is 92.2 Å². The number of hydrogen-bond acceptors (Lipinski definition) is 4. The first-order chi connectivity index (χ1) is 15.8. The van der Waals surface area contributed by atoms with Gasteiger partial charge in [-0.25, -0.2) is 0 Å². The molecule has 3 rings (SSSR count). The number of aromatic hydroxyl groups is 1. The summed E-state index contributed by atoms with van der Waals surface area (Å²) in [6, 6.07) is 16.9. The molecule has 2 aromatic carbocycles. The Hall–Kier alpha value is -3.60. The molecule has 0 spiro atoms. The van der Waals surface area contributed by atoms with Gasteiger partial charge in [-0.05, 0) is 72.7 Å². The van der Waals surface area contributed by atoms with Crippen LogP contribution in [0.25, 0.3) is 12.2 Å². The minimum Gasteiger partial charge on any atom is -0.508 e. The van der Waals surface area contributed by atoms with Crippen LogP contribution in [-0.4, -0.2) is 22.8 Å². The number of para-hydroxylation sites is 1. The first-order valence-corrected chi connectivity index (χ1v) is 11.3. The van der Waals surface area contributed by atoms with Gasteiger partial charge in [-0.3, -0.25) is 9.79 Å². The number of phenolic OH excluding ortho intramolecular Hbond substituents is 1. The molecule has 1 aromatic heterocycles. The van der Waals surface area contributed by atoms with Crippen molar-refractivity contribution in [3.63, 3.8) is 0 Å². The average Bonchev–Trinajstić information content (AvgIpc) is 2.81. The zero-order chi connectivity index (χ0) is 24.0. The number of phenols is 1. The van der Waals surface area contributed by atoms with Gasteiger partial charge in [-0.2, -0.15) is 0 Å². The molecule has 0 saturated heterocycles. The van der Waals surface area contributed by atoms with Gasteiger partial charge in [-0.15, -0.1) is 0 Å². The van der Waals surface area contributed by atoms with E-state index >= 15 is 0 Å². The summed E-state index contributed by atoms with van der Waals surface area (Å²) in [7, 11) is 1.77. The lowest BCUT2D eigenvalue weighted by Gasteiger charge is -2.14. The van der Waals surface area contributed by atoms with Crippen LogP contribution >= 0.6 is 0 Å². The van der Waals surface area contributed by atoms with Crippen LogP contribution in [0.15, 0.2) is 64.4 Å². The predicted octanol–water partition coefficient (Wildman–Crippen LogP) is 4.30. The van der Waals surface area contributed by atoms with Crippen LogP contribution in [0.4, 0.5) is 5.69 Å². The maximum absolute atomic E-state index is 12.6. The molecule has 0 unspecified atom stereocenters. The Bertz CT molecular complexity index is 1300. The molecule has 3 N–H and O–H groups in total. The van der Waals surface area contributed by atoms with Crippen LogP contribution in [0.2, 0.25) is 0 Å². The number of aromatic amines is 1. The van der Waals surface area contributed by atoms with Crippen molar-refractivity contribution >= 4 is 23.6 Å². The van der Waals surface area contributed by atoms with E-state index in [1.807, 2.05) is 31.2 Å². The van der Waals surface area contributed by atoms with Crippen LogP contribution in [-0.2, 0) is 6.54 Å². The Balaban J connectivity index is 1.83. The number of nitrogens with zero attached hydrogens (tertiary/aromatic N) is 1. The van der Waals surface area contributed by atoms with Crippen molar-refractivity contribution in [2.75, 3.05) is 12.4 Å². The van der Waals surface area contributed by atoms with Crippen molar-refractivity contribution in [2.24, 2.45) is 4.99 Å². The van der Waals surface area contributed by atoms with Crippen molar-refractivity contribution in [3.8, 4) is 5.75 Å². The van der Waals surface area contributed by atoms with E-state index in [1.54, 1.807) is 25.2 Å². The van der Waals surface area contributed by atoms with Crippen LogP contribution in [0.1, 0.15) is 56.4 Å². The Labute approximate surface area is 195 Å². The molecular weight excluding hydrogens is 410 g/mol. The smallest absolute Gasteiger partial charge is 0.189 e. The third-order valence-corrected chi connectivity index (χ3v) is 5.88. The topological polar surface area (TPSA) is 77.5 Å². The summed E-state index contributed by atoms with van der Waals surface area (Å²) in [5.41, 5.74) is 6.06. The van der Waals surface area contributed by atoms with Gasteiger partial charge in [0.25, 0.3) is 0 Å². The van der Waals surface area contributed by atoms with E-state index in [0.29, 0.717) is 17.7 Å². The van der Waals surface area contributed by atoms with Crippen molar-refractivity contribution in [1.29, 1.82) is 0 Å². The lowest BCUT2D eigenvalue weighted by Crippen LogP contribution is -2.41. The fraction of sp³-hybridized carbons (Fsp3) is 0.286. The number of hydrogen-bond donors (Lipinski definition) is 3. The van der Waals surface area contributed by atoms with Gasteiger partial charge in [0, 0.05) is 40.8 Å². The minimum atomic E-state index is -0.0695. The van der Waals surface area contributed by atoms with E-state index in [9.17, 15) is 9.90 Å². The first kappa shape index (κ1) is 24.1. The molecule has 0 saturated carbocycles. The SMILES string of the molecule is C=c1c(=O)cc(CNc2ccccc2C(C)C)[nH]c1=C(C)CCC(=NC)c1ccc(O)cc1. The summed E-state index contributed by atoms with van der Waals surface area (Å²) >= 11 is 0. The van der Waals surface area contributed by atoms with Gasteiger partial charge in [0.1, 0.15) is 5.75 Å². The van der Waals surface area contributed by atoms with Gasteiger partial charge >= 0.3 is 0 Å². The summed E-state index contributed by atoms with van der Waals surface area (Å²) in [5, 5.41) is 14.3. The number of aromatic nitrogens is 1. The van der Waals surface area contributed by atoms with E-state index < -0.39 is 0 Å². The summed E-state index contributed by atoms with van der Waals surface area (Å²) in [4.78, 5) is 20.5. The molecule has 0 aliphatic heterocycles. The maximum atomic E-state index is 12.6. The first-order valence-electron chi connectivity index (χ1n) is 11.3. The second-order valence-corrected chi connectivity index (χ2v) is 8.61. The van der Waals surface area contributed by atoms with Crippen molar-refractivity contribution in [2.45, 2.75) is 46.1 Å². The Kier molecular flexibility index (Phi) is 7.88. The number of H-pyrrole nitrogens is 1. The van der Waals surface area contributed by atoms with Crippen LogP contribution in [0, 0.1) is 0 Å². The molecule has 0 aliphatic rings. The summed E-state index contributed by atoms with van der Waals surface area (Å²) in [6.45, 7) is 10.9. The van der Waals surface area contributed by atoms with E-state index in [1.165, 1.54) is 5.56 Å². The molecule has 3 aromatic rings. The number of benzene rings is 2. The van der Waals surface area contributed by atoms with Crippen molar-refractivity contribution in [1.82, 2.24) is 4.98 Å². The van der Waals surface area contributed by atoms with Gasteiger partial charge in [-0.1, -0.05) is 38.6 Å². The van der Waals surface area contributed by atoms with E-state index in [4.69, 9.17) is 0 Å². The molecule has 0 bridgehead atoms. The van der Waals surface area contributed by atoms with Crippen LogP contribution in [0.3, 0.4) is 0 Å². The normalized spacial score (nSPS) is 12.7. The number of rotatable bonds is 8. The Morgan fingerprint density at radius 3 is 2.48 bits per heavy atom. The fourth-order valence-electron chi connectivity index (χ4n) is 3.92. The molecule has 0 aliphatic carbocycles. The zero-order valence-corrected chi connectivity index (χ0v) is 19.9. The predicted molar refractivity (Wildman–Crippen MR) is 139 cm³/mol. The third-order valence-electron chi connectivity index (χ3n) is 5.88. The van der Waals surface area contributed by atoms with Crippen LogP contribution < -0.4 is 21.3 Å². The third kappa shape index (κ3) is 6.01. The minimum absolute atomic E-state index is 0.0695. The number of anilines is 1. The summed E-state index contributed by atoms with van der Waals surface area (Å²) in [6.07, 6.45) is 1.46. The molecule has 33 heavy (non-hydrogen) atoms. The average molecular weight is 444 g/mol. The van der Waals surface area contributed by atoms with E-state index in [0.717, 1.165) is 46.4 Å². The number of nitrogens with one attached hydrogen (secondary N) is 2. The number of pyridine rings is 1. The summed E-state index contributed by atoms with van der Waals surface area (Å²) in [5.74, 6) is 0.641. The summed E-state index contributed by atoms with van der Waals surface area (Å²) < 4.78 is 0. The van der Waals surface area contributed by atoms with Gasteiger partial charge in [0.05, 0.1) is 6.54 Å². The largest absolute Gasteiger partial charge is 0.508 e. The van der Waals surface area contributed by atoms with Gasteiger partial charge in [0.2, 0.25) is 0 Å². The zero-order valence-electron chi connectivity index (χ0n) is 19.9. The van der Waals surface area contributed by atoms with Gasteiger partial charge in [0.15, 0.2) is 5.43 Å². The highest BCUT2D eigenvalue weighted by molar-refractivity contribution is 6.01. The highest BCUT2D eigenvalue weighted by atomic mass is 16.3. The van der Waals surface area contributed by atoms with E-state index in [-0.39, 0.29) is 11.2 Å². The highest BCUT2D eigenvalue weighted by Crippen LogP contribution is 2.23. The van der Waals surface area contributed by atoms with Crippen molar-refractivity contribution < 1.29 is 5.11 Å². The monoisotopic (exact) mass is 443 g/mol. The van der Waals surface area contributed by atoms with Gasteiger partial charge < -0.3 is 15.4 Å². The molecule has 0 amide bonds. The van der Waals surface area contributed by atoms with E-state index in [2.05, 4.69) is 47.9 Å². The Morgan fingerprint density at radius 2 is 1.82 bits per heavy atom. The molecule has 5 nitrogen and oxygen atoms in total. The molecule has 0 atom stereocenters. The molecule has 0 radical (unpaired) electrons.